The Morgan fingerprint density at radius 3 is 2.18 bits per heavy atom. The highest BCUT2D eigenvalue weighted by Crippen LogP contribution is 2.28. The third kappa shape index (κ3) is 5.76. The Hall–Kier alpha value is -3.69. The fraction of sp³-hybridized carbons (Fsp3) is 0.0870. The summed E-state index contributed by atoms with van der Waals surface area (Å²) in [6.07, 6.45) is 3.38. The van der Waals surface area contributed by atoms with Crippen LogP contribution in [0.1, 0.15) is 6.92 Å². The Kier molecular flexibility index (Phi) is 7.01. The molecule has 2 aromatic carbocycles. The highest BCUT2D eigenvalue weighted by molar-refractivity contribution is 7.99. The Bertz CT molecular complexity index is 1260. The number of pyridine rings is 1. The monoisotopic (exact) mass is 478 g/mol. The fourth-order valence-corrected chi connectivity index (χ4v) is 3.92. The molecule has 0 radical (unpaired) electrons. The van der Waals surface area contributed by atoms with Crippen LogP contribution < -0.4 is 10.6 Å². The zero-order valence-corrected chi connectivity index (χ0v) is 19.1. The minimum Gasteiger partial charge on any atom is -0.326 e. The molecule has 0 atom stereocenters. The van der Waals surface area contributed by atoms with Crippen molar-refractivity contribution in [2.75, 3.05) is 16.4 Å². The standard InChI is InChI=1S/C23H19ClN6O2S/c1-15(31)26-18-4-6-19(7-5-18)27-21(32)14-33-23-29-28-22(16-10-12-25-13-11-16)30(23)20-8-2-17(24)3-9-20/h2-13H,14H2,1H3,(H,26,31)(H,27,32). The minimum atomic E-state index is -0.191. The van der Waals surface area contributed by atoms with Gasteiger partial charge in [-0.25, -0.2) is 0 Å². The molecule has 0 unspecified atom stereocenters. The first-order chi connectivity index (χ1) is 16.0. The van der Waals surface area contributed by atoms with Crippen LogP contribution in [0.25, 0.3) is 17.1 Å². The zero-order valence-electron chi connectivity index (χ0n) is 17.5. The van der Waals surface area contributed by atoms with Gasteiger partial charge in [0.25, 0.3) is 0 Å². The Morgan fingerprint density at radius 2 is 1.55 bits per heavy atom. The molecular formula is C23H19ClN6O2S. The zero-order chi connectivity index (χ0) is 23.2. The minimum absolute atomic E-state index is 0.134. The number of aromatic nitrogens is 4. The molecule has 0 aliphatic heterocycles. The summed E-state index contributed by atoms with van der Waals surface area (Å²) in [4.78, 5) is 27.7. The predicted molar refractivity (Wildman–Crippen MR) is 130 cm³/mol. The van der Waals surface area contributed by atoms with Crippen LogP contribution in [-0.2, 0) is 9.59 Å². The van der Waals surface area contributed by atoms with Crippen LogP contribution in [0.15, 0.2) is 78.2 Å². The van der Waals surface area contributed by atoms with E-state index in [1.54, 1.807) is 48.8 Å². The molecule has 2 N–H and O–H groups in total. The van der Waals surface area contributed by atoms with Gasteiger partial charge in [0.15, 0.2) is 11.0 Å². The van der Waals surface area contributed by atoms with Crippen LogP contribution in [0, 0.1) is 0 Å². The van der Waals surface area contributed by atoms with Gasteiger partial charge in [0, 0.05) is 47.0 Å². The molecular weight excluding hydrogens is 460 g/mol. The van der Waals surface area contributed by atoms with E-state index >= 15 is 0 Å². The quantitative estimate of drug-likeness (QED) is 0.374. The molecule has 33 heavy (non-hydrogen) atoms. The van der Waals surface area contributed by atoms with Crippen LogP contribution in [0.5, 0.6) is 0 Å². The highest BCUT2D eigenvalue weighted by Gasteiger charge is 2.17. The van der Waals surface area contributed by atoms with Crippen LogP contribution >= 0.6 is 23.4 Å². The van der Waals surface area contributed by atoms with Gasteiger partial charge in [-0.15, -0.1) is 10.2 Å². The molecule has 166 valence electrons. The number of carbonyl (C=O) groups is 2. The molecule has 4 aromatic rings. The number of anilines is 2. The van der Waals surface area contributed by atoms with Crippen molar-refractivity contribution in [2.24, 2.45) is 0 Å². The van der Waals surface area contributed by atoms with E-state index in [0.29, 0.717) is 27.4 Å². The van der Waals surface area contributed by atoms with Crippen molar-refractivity contribution in [3.63, 3.8) is 0 Å². The lowest BCUT2D eigenvalue weighted by Crippen LogP contribution is -2.14. The highest BCUT2D eigenvalue weighted by atomic mass is 35.5. The van der Waals surface area contributed by atoms with Crippen molar-refractivity contribution in [2.45, 2.75) is 12.1 Å². The summed E-state index contributed by atoms with van der Waals surface area (Å²) < 4.78 is 1.88. The molecule has 8 nitrogen and oxygen atoms in total. The summed E-state index contributed by atoms with van der Waals surface area (Å²) in [5.74, 6) is 0.425. The summed E-state index contributed by atoms with van der Waals surface area (Å²) in [5.41, 5.74) is 2.97. The van der Waals surface area contributed by atoms with Gasteiger partial charge in [0.05, 0.1) is 5.75 Å². The maximum absolute atomic E-state index is 12.5. The van der Waals surface area contributed by atoms with Gasteiger partial charge >= 0.3 is 0 Å². The first-order valence-electron chi connectivity index (χ1n) is 9.91. The van der Waals surface area contributed by atoms with Gasteiger partial charge in [-0.05, 0) is 60.7 Å². The predicted octanol–water partition coefficient (Wildman–Crippen LogP) is 4.67. The summed E-state index contributed by atoms with van der Waals surface area (Å²) in [6.45, 7) is 1.44. The number of nitrogens with zero attached hydrogens (tertiary/aromatic N) is 4. The number of hydrogen-bond donors (Lipinski definition) is 2. The Labute approximate surface area is 199 Å². The maximum Gasteiger partial charge on any atom is 0.234 e. The van der Waals surface area contributed by atoms with Crippen LogP contribution in [0.3, 0.4) is 0 Å². The summed E-state index contributed by atoms with van der Waals surface area (Å²) in [5, 5.41) is 15.4. The number of amides is 2. The lowest BCUT2D eigenvalue weighted by molar-refractivity contribution is -0.114. The summed E-state index contributed by atoms with van der Waals surface area (Å²) in [6, 6.07) is 17.9. The molecule has 10 heteroatoms. The van der Waals surface area contributed by atoms with Crippen molar-refractivity contribution >= 4 is 46.6 Å². The molecule has 0 saturated carbocycles. The van der Waals surface area contributed by atoms with Gasteiger partial charge in [-0.3, -0.25) is 19.1 Å². The number of benzene rings is 2. The number of rotatable bonds is 7. The number of hydrogen-bond acceptors (Lipinski definition) is 6. The van der Waals surface area contributed by atoms with Gasteiger partial charge in [0.1, 0.15) is 0 Å². The Balaban J connectivity index is 1.51. The lowest BCUT2D eigenvalue weighted by atomic mass is 10.2. The SMILES string of the molecule is CC(=O)Nc1ccc(NC(=O)CSc2nnc(-c3ccncc3)n2-c2ccc(Cl)cc2)cc1. The maximum atomic E-state index is 12.5. The molecule has 2 amide bonds. The lowest BCUT2D eigenvalue weighted by Gasteiger charge is -2.11. The number of nitrogens with one attached hydrogen (secondary N) is 2. The number of thioether (sulfide) groups is 1. The van der Waals surface area contributed by atoms with E-state index in [9.17, 15) is 9.59 Å². The van der Waals surface area contributed by atoms with Gasteiger partial charge in [0.2, 0.25) is 11.8 Å². The average molecular weight is 479 g/mol. The summed E-state index contributed by atoms with van der Waals surface area (Å²) in [7, 11) is 0. The molecule has 0 bridgehead atoms. The van der Waals surface area contributed by atoms with Crippen LogP contribution in [0.4, 0.5) is 11.4 Å². The normalized spacial score (nSPS) is 10.6. The largest absolute Gasteiger partial charge is 0.326 e. The van der Waals surface area contributed by atoms with E-state index in [1.165, 1.54) is 18.7 Å². The van der Waals surface area contributed by atoms with E-state index < -0.39 is 0 Å². The van der Waals surface area contributed by atoms with Crippen molar-refractivity contribution in [3.8, 4) is 17.1 Å². The van der Waals surface area contributed by atoms with Gasteiger partial charge in [-0.1, -0.05) is 23.4 Å². The number of carbonyl (C=O) groups excluding carboxylic acids is 2. The van der Waals surface area contributed by atoms with E-state index in [1.807, 2.05) is 28.8 Å². The van der Waals surface area contributed by atoms with Crippen molar-refractivity contribution in [1.82, 2.24) is 19.7 Å². The van der Waals surface area contributed by atoms with E-state index in [4.69, 9.17) is 11.6 Å². The smallest absolute Gasteiger partial charge is 0.234 e. The van der Waals surface area contributed by atoms with E-state index in [-0.39, 0.29) is 17.6 Å². The van der Waals surface area contributed by atoms with E-state index in [2.05, 4.69) is 25.8 Å². The second-order valence-electron chi connectivity index (χ2n) is 6.95. The fourth-order valence-electron chi connectivity index (χ4n) is 3.04. The Morgan fingerprint density at radius 1 is 0.909 bits per heavy atom. The second kappa shape index (κ2) is 10.3. The third-order valence-electron chi connectivity index (χ3n) is 4.48. The van der Waals surface area contributed by atoms with Crippen molar-refractivity contribution < 1.29 is 9.59 Å². The molecule has 0 saturated heterocycles. The van der Waals surface area contributed by atoms with Crippen LogP contribution in [0.2, 0.25) is 5.02 Å². The van der Waals surface area contributed by atoms with Gasteiger partial charge in [-0.2, -0.15) is 0 Å². The number of halogens is 1. The second-order valence-corrected chi connectivity index (χ2v) is 8.33. The molecule has 0 aliphatic rings. The van der Waals surface area contributed by atoms with Gasteiger partial charge < -0.3 is 10.6 Å². The molecule has 0 aliphatic carbocycles. The molecule has 2 heterocycles. The molecule has 2 aromatic heterocycles. The molecule has 0 spiro atoms. The van der Waals surface area contributed by atoms with E-state index in [0.717, 1.165) is 11.3 Å². The topological polar surface area (TPSA) is 102 Å². The van der Waals surface area contributed by atoms with Crippen LogP contribution in [-0.4, -0.2) is 37.3 Å². The average Bonchev–Trinajstić information content (AvgIpc) is 3.24. The van der Waals surface area contributed by atoms with Crippen molar-refractivity contribution in [3.05, 3.63) is 78.1 Å². The van der Waals surface area contributed by atoms with Crippen molar-refractivity contribution in [1.29, 1.82) is 0 Å². The molecule has 0 fully saturated rings. The first-order valence-corrected chi connectivity index (χ1v) is 11.3. The molecule has 4 rings (SSSR count). The first kappa shape index (κ1) is 22.5. The summed E-state index contributed by atoms with van der Waals surface area (Å²) >= 11 is 7.33. The third-order valence-corrected chi connectivity index (χ3v) is 5.66.